The maximum atomic E-state index is 12.1. The first-order valence-corrected chi connectivity index (χ1v) is 7.58. The van der Waals surface area contributed by atoms with Gasteiger partial charge in [-0.1, -0.05) is 20.3 Å². The van der Waals surface area contributed by atoms with Crippen LogP contribution in [0.3, 0.4) is 0 Å². The average molecular weight is 269 g/mol. The molecule has 2 unspecified atom stereocenters. The summed E-state index contributed by atoms with van der Waals surface area (Å²) in [6.45, 7) is 10.3. The van der Waals surface area contributed by atoms with Crippen molar-refractivity contribution in [1.82, 2.24) is 10.2 Å². The topological polar surface area (TPSA) is 58.4 Å². The van der Waals surface area contributed by atoms with Crippen molar-refractivity contribution < 1.29 is 4.79 Å². The standard InChI is InChI=1S/C15H31N3O/c1-6-12(4)9-18(5)10-15(14(16)19,13-7-8-13)17-11(2)3/h11-13,17H,6-10H2,1-5H3,(H2,16,19). The molecule has 1 rings (SSSR count). The second-order valence-corrected chi connectivity index (χ2v) is 6.62. The van der Waals surface area contributed by atoms with Crippen LogP contribution < -0.4 is 11.1 Å². The molecule has 19 heavy (non-hydrogen) atoms. The Bertz CT molecular complexity index is 302. The summed E-state index contributed by atoms with van der Waals surface area (Å²) in [6, 6.07) is 0.269. The van der Waals surface area contributed by atoms with Gasteiger partial charge in [0.25, 0.3) is 0 Å². The van der Waals surface area contributed by atoms with E-state index >= 15 is 0 Å². The van der Waals surface area contributed by atoms with Crippen molar-refractivity contribution in [3.63, 3.8) is 0 Å². The van der Waals surface area contributed by atoms with Crippen LogP contribution >= 0.6 is 0 Å². The number of rotatable bonds is 9. The third kappa shape index (κ3) is 4.46. The summed E-state index contributed by atoms with van der Waals surface area (Å²) in [4.78, 5) is 14.3. The molecule has 0 heterocycles. The van der Waals surface area contributed by atoms with Crippen molar-refractivity contribution in [3.05, 3.63) is 0 Å². The second-order valence-electron chi connectivity index (χ2n) is 6.62. The van der Waals surface area contributed by atoms with E-state index in [-0.39, 0.29) is 11.9 Å². The first-order valence-electron chi connectivity index (χ1n) is 7.58. The Hall–Kier alpha value is -0.610. The molecule has 112 valence electrons. The number of nitrogens with one attached hydrogen (secondary N) is 1. The van der Waals surface area contributed by atoms with Crippen LogP contribution in [0.5, 0.6) is 0 Å². The number of carbonyl (C=O) groups is 1. The van der Waals surface area contributed by atoms with E-state index in [0.29, 0.717) is 11.8 Å². The molecule has 0 aromatic carbocycles. The third-order valence-corrected chi connectivity index (χ3v) is 4.10. The van der Waals surface area contributed by atoms with Crippen LogP contribution in [0.1, 0.15) is 47.0 Å². The summed E-state index contributed by atoms with van der Waals surface area (Å²) in [6.07, 6.45) is 3.38. The number of likely N-dealkylation sites (N-methyl/N-ethyl adjacent to an activating group) is 1. The lowest BCUT2D eigenvalue weighted by molar-refractivity contribution is -0.126. The monoisotopic (exact) mass is 269 g/mol. The molecule has 1 fully saturated rings. The molecule has 0 aliphatic heterocycles. The zero-order valence-corrected chi connectivity index (χ0v) is 13.2. The first kappa shape index (κ1) is 16.4. The van der Waals surface area contributed by atoms with E-state index in [4.69, 9.17) is 5.73 Å². The highest BCUT2D eigenvalue weighted by Gasteiger charge is 2.50. The zero-order valence-electron chi connectivity index (χ0n) is 13.2. The molecule has 0 bridgehead atoms. The second kappa shape index (κ2) is 6.71. The molecule has 0 aromatic rings. The molecule has 0 spiro atoms. The average Bonchev–Trinajstić information content (AvgIpc) is 3.10. The van der Waals surface area contributed by atoms with Crippen LogP contribution in [0, 0.1) is 11.8 Å². The van der Waals surface area contributed by atoms with E-state index in [2.05, 4.69) is 45.0 Å². The predicted octanol–water partition coefficient (Wildman–Crippen LogP) is 1.60. The van der Waals surface area contributed by atoms with Crippen LogP contribution in [-0.2, 0) is 4.79 Å². The zero-order chi connectivity index (χ0) is 14.6. The van der Waals surface area contributed by atoms with Crippen LogP contribution in [0.15, 0.2) is 0 Å². The lowest BCUT2D eigenvalue weighted by atomic mass is 9.90. The minimum atomic E-state index is -0.545. The third-order valence-electron chi connectivity index (χ3n) is 4.10. The largest absolute Gasteiger partial charge is 0.368 e. The van der Waals surface area contributed by atoms with E-state index in [1.165, 1.54) is 0 Å². The lowest BCUT2D eigenvalue weighted by Gasteiger charge is -2.38. The van der Waals surface area contributed by atoms with Crippen molar-refractivity contribution in [2.75, 3.05) is 20.1 Å². The van der Waals surface area contributed by atoms with E-state index in [0.717, 1.165) is 32.4 Å². The fraction of sp³-hybridized carbons (Fsp3) is 0.933. The number of hydrogen-bond acceptors (Lipinski definition) is 3. The Labute approximate surface area is 118 Å². The molecule has 0 aromatic heterocycles. The molecular formula is C15H31N3O. The van der Waals surface area contributed by atoms with Crippen molar-refractivity contribution in [2.45, 2.75) is 58.5 Å². The van der Waals surface area contributed by atoms with Crippen LogP contribution in [0.25, 0.3) is 0 Å². The van der Waals surface area contributed by atoms with Gasteiger partial charge in [-0.3, -0.25) is 10.1 Å². The highest BCUT2D eigenvalue weighted by atomic mass is 16.1. The highest BCUT2D eigenvalue weighted by Crippen LogP contribution is 2.40. The SMILES string of the molecule is CCC(C)CN(C)CC(NC(C)C)(C(N)=O)C1CC1. The van der Waals surface area contributed by atoms with Gasteiger partial charge in [0.2, 0.25) is 5.91 Å². The molecule has 0 radical (unpaired) electrons. The molecule has 1 aliphatic carbocycles. The van der Waals surface area contributed by atoms with Crippen molar-refractivity contribution >= 4 is 5.91 Å². The highest BCUT2D eigenvalue weighted by molar-refractivity contribution is 5.86. The van der Waals surface area contributed by atoms with Gasteiger partial charge in [-0.25, -0.2) is 0 Å². The van der Waals surface area contributed by atoms with Gasteiger partial charge in [0.05, 0.1) is 0 Å². The Morgan fingerprint density at radius 3 is 2.37 bits per heavy atom. The van der Waals surface area contributed by atoms with Gasteiger partial charge in [-0.2, -0.15) is 0 Å². The van der Waals surface area contributed by atoms with E-state index in [1.807, 2.05) is 0 Å². The van der Waals surface area contributed by atoms with E-state index < -0.39 is 5.54 Å². The Balaban J connectivity index is 2.75. The minimum Gasteiger partial charge on any atom is -0.368 e. The quantitative estimate of drug-likeness (QED) is 0.668. The normalized spacial score (nSPS) is 20.6. The van der Waals surface area contributed by atoms with Gasteiger partial charge in [0.15, 0.2) is 0 Å². The lowest BCUT2D eigenvalue weighted by Crippen LogP contribution is -2.64. The maximum Gasteiger partial charge on any atom is 0.239 e. The van der Waals surface area contributed by atoms with Gasteiger partial charge in [-0.05, 0) is 45.6 Å². The van der Waals surface area contributed by atoms with Crippen LogP contribution in [-0.4, -0.2) is 42.5 Å². The fourth-order valence-corrected chi connectivity index (χ4v) is 2.89. The minimum absolute atomic E-state index is 0.195. The molecule has 3 N–H and O–H groups in total. The smallest absolute Gasteiger partial charge is 0.239 e. The van der Waals surface area contributed by atoms with E-state index in [1.54, 1.807) is 0 Å². The molecule has 1 saturated carbocycles. The molecule has 4 heteroatoms. The Morgan fingerprint density at radius 2 is 2.00 bits per heavy atom. The number of nitrogens with zero attached hydrogens (tertiary/aromatic N) is 1. The number of amides is 1. The maximum absolute atomic E-state index is 12.1. The number of nitrogens with two attached hydrogens (primary N) is 1. The summed E-state index contributed by atoms with van der Waals surface area (Å²) in [5, 5.41) is 3.46. The summed E-state index contributed by atoms with van der Waals surface area (Å²) < 4.78 is 0. The van der Waals surface area contributed by atoms with Crippen LogP contribution in [0.2, 0.25) is 0 Å². The number of hydrogen-bond donors (Lipinski definition) is 2. The molecule has 4 nitrogen and oxygen atoms in total. The molecule has 1 aliphatic rings. The van der Waals surface area contributed by atoms with Gasteiger partial charge in [-0.15, -0.1) is 0 Å². The number of primary amides is 1. The summed E-state index contributed by atoms with van der Waals surface area (Å²) in [5.74, 6) is 0.861. The summed E-state index contributed by atoms with van der Waals surface area (Å²) in [7, 11) is 2.09. The van der Waals surface area contributed by atoms with Crippen molar-refractivity contribution in [1.29, 1.82) is 0 Å². The molecule has 2 atom stereocenters. The Kier molecular flexibility index (Phi) is 5.81. The number of carbonyl (C=O) groups excluding carboxylic acids is 1. The van der Waals surface area contributed by atoms with Gasteiger partial charge >= 0.3 is 0 Å². The van der Waals surface area contributed by atoms with Crippen molar-refractivity contribution in [2.24, 2.45) is 17.6 Å². The molecule has 0 saturated heterocycles. The fourth-order valence-electron chi connectivity index (χ4n) is 2.89. The molecular weight excluding hydrogens is 238 g/mol. The Morgan fingerprint density at radius 1 is 1.42 bits per heavy atom. The van der Waals surface area contributed by atoms with E-state index in [9.17, 15) is 4.79 Å². The predicted molar refractivity (Wildman–Crippen MR) is 79.9 cm³/mol. The van der Waals surface area contributed by atoms with Gasteiger partial charge < -0.3 is 10.6 Å². The molecule has 1 amide bonds. The van der Waals surface area contributed by atoms with Crippen molar-refractivity contribution in [3.8, 4) is 0 Å². The summed E-state index contributed by atoms with van der Waals surface area (Å²) in [5.41, 5.74) is 5.20. The van der Waals surface area contributed by atoms with Crippen LogP contribution in [0.4, 0.5) is 0 Å². The summed E-state index contributed by atoms with van der Waals surface area (Å²) >= 11 is 0. The van der Waals surface area contributed by atoms with Gasteiger partial charge in [0.1, 0.15) is 5.54 Å². The first-order chi connectivity index (χ1) is 8.81. The van der Waals surface area contributed by atoms with Gasteiger partial charge in [0, 0.05) is 19.1 Å².